The van der Waals surface area contributed by atoms with E-state index in [1.165, 1.54) is 5.56 Å². The molecule has 3 heteroatoms. The van der Waals surface area contributed by atoms with Gasteiger partial charge in [-0.05, 0) is 50.0 Å². The highest BCUT2D eigenvalue weighted by molar-refractivity contribution is 5.88. The van der Waals surface area contributed by atoms with E-state index in [1.54, 1.807) is 20.1 Å². The van der Waals surface area contributed by atoms with Gasteiger partial charge in [0.15, 0.2) is 5.78 Å². The van der Waals surface area contributed by atoms with Gasteiger partial charge in [-0.15, -0.1) is 0 Å². The largest absolute Gasteiger partial charge is 0.497 e. The highest BCUT2D eigenvalue weighted by atomic mass is 16.5. The molecule has 1 atom stereocenters. The Morgan fingerprint density at radius 3 is 2.89 bits per heavy atom. The standard InChI is InChI=1S/C15H18O3/c1-10(8-11(2)16)14-7-5-12-4-6-13(17-3)9-15(12)18-14/h4,6,8-9,14H,5,7H2,1-3H3/b10-8+. The first kappa shape index (κ1) is 12.7. The average molecular weight is 246 g/mol. The van der Waals surface area contributed by atoms with Crippen LogP contribution in [0, 0.1) is 0 Å². The molecule has 0 amide bonds. The molecule has 0 radical (unpaired) electrons. The van der Waals surface area contributed by atoms with Crippen LogP contribution in [0.2, 0.25) is 0 Å². The minimum Gasteiger partial charge on any atom is -0.497 e. The second kappa shape index (κ2) is 5.25. The Hall–Kier alpha value is -1.77. The molecule has 0 fully saturated rings. The normalized spacial score (nSPS) is 18.8. The number of methoxy groups -OCH3 is 1. The number of aryl methyl sites for hydroxylation is 1. The van der Waals surface area contributed by atoms with E-state index >= 15 is 0 Å². The molecule has 2 rings (SSSR count). The quantitative estimate of drug-likeness (QED) is 0.769. The van der Waals surface area contributed by atoms with Gasteiger partial charge in [-0.25, -0.2) is 0 Å². The molecule has 0 saturated heterocycles. The fourth-order valence-electron chi connectivity index (χ4n) is 2.21. The van der Waals surface area contributed by atoms with Crippen molar-refractivity contribution in [1.82, 2.24) is 0 Å². The molecule has 0 bridgehead atoms. The smallest absolute Gasteiger partial charge is 0.152 e. The summed E-state index contributed by atoms with van der Waals surface area (Å²) in [6, 6.07) is 5.89. The molecule has 1 aliphatic heterocycles. The molecule has 0 aliphatic carbocycles. The Labute approximate surface area is 107 Å². The van der Waals surface area contributed by atoms with Crippen LogP contribution in [0.15, 0.2) is 29.8 Å². The van der Waals surface area contributed by atoms with Crippen LogP contribution in [-0.2, 0) is 11.2 Å². The zero-order valence-electron chi connectivity index (χ0n) is 11.0. The van der Waals surface area contributed by atoms with E-state index in [1.807, 2.05) is 25.1 Å². The summed E-state index contributed by atoms with van der Waals surface area (Å²) in [4.78, 5) is 11.1. The third-order valence-electron chi connectivity index (χ3n) is 3.16. The summed E-state index contributed by atoms with van der Waals surface area (Å²) >= 11 is 0. The molecule has 0 saturated carbocycles. The second-order valence-corrected chi connectivity index (χ2v) is 4.62. The molecular weight excluding hydrogens is 228 g/mol. The van der Waals surface area contributed by atoms with Gasteiger partial charge in [0.25, 0.3) is 0 Å². The number of hydrogen-bond acceptors (Lipinski definition) is 3. The molecule has 1 heterocycles. The Morgan fingerprint density at radius 1 is 1.44 bits per heavy atom. The van der Waals surface area contributed by atoms with Crippen LogP contribution in [0.5, 0.6) is 11.5 Å². The summed E-state index contributed by atoms with van der Waals surface area (Å²) in [6.45, 7) is 3.50. The van der Waals surface area contributed by atoms with Crippen molar-refractivity contribution in [2.24, 2.45) is 0 Å². The fraction of sp³-hybridized carbons (Fsp3) is 0.400. The summed E-state index contributed by atoms with van der Waals surface area (Å²) in [5, 5.41) is 0. The highest BCUT2D eigenvalue weighted by Gasteiger charge is 2.21. The minimum atomic E-state index is -0.00601. The van der Waals surface area contributed by atoms with Crippen molar-refractivity contribution in [3.8, 4) is 11.5 Å². The van der Waals surface area contributed by atoms with Crippen LogP contribution < -0.4 is 9.47 Å². The molecule has 0 aromatic heterocycles. The molecule has 0 spiro atoms. The van der Waals surface area contributed by atoms with Crippen molar-refractivity contribution in [2.45, 2.75) is 32.8 Å². The van der Waals surface area contributed by atoms with Gasteiger partial charge < -0.3 is 9.47 Å². The van der Waals surface area contributed by atoms with Crippen molar-refractivity contribution in [3.63, 3.8) is 0 Å². The predicted octanol–water partition coefficient (Wildman–Crippen LogP) is 2.92. The van der Waals surface area contributed by atoms with Crippen molar-refractivity contribution in [3.05, 3.63) is 35.4 Å². The summed E-state index contributed by atoms with van der Waals surface area (Å²) in [5.41, 5.74) is 2.18. The van der Waals surface area contributed by atoms with Gasteiger partial charge in [0.2, 0.25) is 0 Å². The van der Waals surface area contributed by atoms with Gasteiger partial charge in [-0.3, -0.25) is 4.79 Å². The molecule has 3 nitrogen and oxygen atoms in total. The van der Waals surface area contributed by atoms with Crippen molar-refractivity contribution >= 4 is 5.78 Å². The molecular formula is C15H18O3. The van der Waals surface area contributed by atoms with Gasteiger partial charge in [-0.2, -0.15) is 0 Å². The molecule has 18 heavy (non-hydrogen) atoms. The molecule has 1 aliphatic rings. The Balaban J connectivity index is 2.20. The summed E-state index contributed by atoms with van der Waals surface area (Å²) in [6.07, 6.45) is 3.52. The lowest BCUT2D eigenvalue weighted by atomic mass is 9.97. The number of carbonyl (C=O) groups excluding carboxylic acids is 1. The maximum Gasteiger partial charge on any atom is 0.152 e. The summed E-state index contributed by atoms with van der Waals surface area (Å²) < 4.78 is 11.1. The monoisotopic (exact) mass is 246 g/mol. The van der Waals surface area contributed by atoms with E-state index < -0.39 is 0 Å². The SMILES string of the molecule is COc1ccc2c(c1)OC(/C(C)=C/C(C)=O)CC2. The number of ketones is 1. The van der Waals surface area contributed by atoms with Gasteiger partial charge in [0, 0.05) is 6.07 Å². The van der Waals surface area contributed by atoms with Crippen LogP contribution in [0.4, 0.5) is 0 Å². The maximum absolute atomic E-state index is 11.1. The zero-order valence-corrected chi connectivity index (χ0v) is 11.0. The van der Waals surface area contributed by atoms with Gasteiger partial charge in [-0.1, -0.05) is 6.07 Å². The van der Waals surface area contributed by atoms with E-state index in [0.29, 0.717) is 0 Å². The maximum atomic E-state index is 11.1. The number of ether oxygens (including phenoxy) is 2. The topological polar surface area (TPSA) is 35.5 Å². The lowest BCUT2D eigenvalue weighted by Gasteiger charge is -2.27. The van der Waals surface area contributed by atoms with Crippen LogP contribution in [0.1, 0.15) is 25.8 Å². The summed E-state index contributed by atoms with van der Waals surface area (Å²) in [5.74, 6) is 1.72. The Morgan fingerprint density at radius 2 is 2.22 bits per heavy atom. The Bertz CT molecular complexity index is 489. The number of rotatable bonds is 3. The third kappa shape index (κ3) is 2.73. The molecule has 96 valence electrons. The van der Waals surface area contributed by atoms with E-state index in [9.17, 15) is 4.79 Å². The van der Waals surface area contributed by atoms with Crippen LogP contribution in [0.25, 0.3) is 0 Å². The number of hydrogen-bond donors (Lipinski definition) is 0. The van der Waals surface area contributed by atoms with E-state index in [2.05, 4.69) is 0 Å². The van der Waals surface area contributed by atoms with Crippen molar-refractivity contribution in [2.75, 3.05) is 7.11 Å². The zero-order chi connectivity index (χ0) is 13.1. The highest BCUT2D eigenvalue weighted by Crippen LogP contribution is 2.33. The number of carbonyl (C=O) groups is 1. The minimum absolute atomic E-state index is 0.00601. The number of benzene rings is 1. The first-order valence-electron chi connectivity index (χ1n) is 6.12. The van der Waals surface area contributed by atoms with E-state index in [0.717, 1.165) is 29.9 Å². The van der Waals surface area contributed by atoms with Gasteiger partial charge in [0.05, 0.1) is 7.11 Å². The van der Waals surface area contributed by atoms with Crippen LogP contribution in [-0.4, -0.2) is 19.0 Å². The van der Waals surface area contributed by atoms with Crippen LogP contribution in [0.3, 0.4) is 0 Å². The summed E-state index contributed by atoms with van der Waals surface area (Å²) in [7, 11) is 1.64. The molecule has 1 unspecified atom stereocenters. The number of allylic oxidation sites excluding steroid dienone is 1. The fourth-order valence-corrected chi connectivity index (χ4v) is 2.21. The van der Waals surface area contributed by atoms with Crippen molar-refractivity contribution < 1.29 is 14.3 Å². The lowest BCUT2D eigenvalue weighted by Crippen LogP contribution is -2.24. The first-order chi connectivity index (χ1) is 8.60. The van der Waals surface area contributed by atoms with E-state index in [-0.39, 0.29) is 11.9 Å². The Kier molecular flexibility index (Phi) is 3.70. The predicted molar refractivity (Wildman–Crippen MR) is 70.2 cm³/mol. The second-order valence-electron chi connectivity index (χ2n) is 4.62. The molecule has 0 N–H and O–H groups in total. The average Bonchev–Trinajstić information content (AvgIpc) is 2.36. The van der Waals surface area contributed by atoms with Gasteiger partial charge in [0.1, 0.15) is 17.6 Å². The third-order valence-corrected chi connectivity index (χ3v) is 3.16. The van der Waals surface area contributed by atoms with E-state index in [4.69, 9.17) is 9.47 Å². The lowest BCUT2D eigenvalue weighted by molar-refractivity contribution is -0.112. The van der Waals surface area contributed by atoms with Crippen LogP contribution >= 0.6 is 0 Å². The first-order valence-corrected chi connectivity index (χ1v) is 6.12. The van der Waals surface area contributed by atoms with Gasteiger partial charge >= 0.3 is 0 Å². The number of fused-ring (bicyclic) bond motifs is 1. The molecule has 1 aromatic rings. The van der Waals surface area contributed by atoms with Crippen molar-refractivity contribution in [1.29, 1.82) is 0 Å². The molecule has 1 aromatic carbocycles.